The van der Waals surface area contributed by atoms with E-state index in [1.165, 1.54) is 11.1 Å². The van der Waals surface area contributed by atoms with Crippen LogP contribution >= 0.6 is 0 Å². The van der Waals surface area contributed by atoms with E-state index in [0.717, 1.165) is 12.8 Å². The van der Waals surface area contributed by atoms with Crippen LogP contribution in [0.25, 0.3) is 0 Å². The van der Waals surface area contributed by atoms with Gasteiger partial charge in [-0.25, -0.2) is 0 Å². The molecule has 2 unspecified atom stereocenters. The first-order valence-electron chi connectivity index (χ1n) is 6.07. The lowest BCUT2D eigenvalue weighted by molar-refractivity contribution is -0.139. The van der Waals surface area contributed by atoms with Gasteiger partial charge in [0.05, 0.1) is 0 Å². The molecule has 0 bridgehead atoms. The van der Waals surface area contributed by atoms with Crippen molar-refractivity contribution in [2.24, 2.45) is 0 Å². The van der Waals surface area contributed by atoms with Crippen molar-refractivity contribution >= 4 is 5.97 Å². The van der Waals surface area contributed by atoms with E-state index in [1.807, 2.05) is 0 Å². The molecule has 1 aromatic carbocycles. The van der Waals surface area contributed by atoms with Gasteiger partial charge in [-0.15, -0.1) is 0 Å². The number of carboxylic acid groups (broad SMARTS) is 1. The summed E-state index contributed by atoms with van der Waals surface area (Å²) in [6, 6.07) is 8.09. The van der Waals surface area contributed by atoms with E-state index < -0.39 is 12.0 Å². The third-order valence-corrected chi connectivity index (χ3v) is 2.95. The van der Waals surface area contributed by atoms with Gasteiger partial charge in [0.1, 0.15) is 6.04 Å². The maximum atomic E-state index is 10.8. The second kappa shape index (κ2) is 6.40. The largest absolute Gasteiger partial charge is 0.480 e. The van der Waals surface area contributed by atoms with E-state index in [1.54, 1.807) is 6.92 Å². The molecule has 0 aromatic heterocycles. The summed E-state index contributed by atoms with van der Waals surface area (Å²) in [5.41, 5.74) is 2.49. The van der Waals surface area contributed by atoms with Crippen molar-refractivity contribution in [2.75, 3.05) is 0 Å². The Morgan fingerprint density at radius 2 is 1.94 bits per heavy atom. The Balaban J connectivity index is 2.57. The molecule has 0 aliphatic rings. The normalized spacial score (nSPS) is 14.3. The number of aliphatic carboxylic acids is 1. The van der Waals surface area contributed by atoms with E-state index in [4.69, 9.17) is 5.11 Å². The molecule has 2 atom stereocenters. The minimum absolute atomic E-state index is 0.212. The summed E-state index contributed by atoms with van der Waals surface area (Å²) in [4.78, 5) is 10.8. The van der Waals surface area contributed by atoms with Gasteiger partial charge in [0.25, 0.3) is 0 Å². The van der Waals surface area contributed by atoms with Crippen molar-refractivity contribution in [2.45, 2.75) is 45.7 Å². The van der Waals surface area contributed by atoms with Crippen LogP contribution in [0.15, 0.2) is 24.3 Å². The SMILES string of the molecule is CCC(Cc1ccc(C)cc1)NC(C)C(=O)O. The van der Waals surface area contributed by atoms with Crippen molar-refractivity contribution in [3.05, 3.63) is 35.4 Å². The summed E-state index contributed by atoms with van der Waals surface area (Å²) in [7, 11) is 0. The number of carboxylic acids is 1. The van der Waals surface area contributed by atoms with Crippen LogP contribution in [-0.4, -0.2) is 23.2 Å². The fourth-order valence-electron chi connectivity index (χ4n) is 1.75. The summed E-state index contributed by atoms with van der Waals surface area (Å²) in [5, 5.41) is 12.0. The highest BCUT2D eigenvalue weighted by Crippen LogP contribution is 2.08. The molecule has 3 nitrogen and oxygen atoms in total. The molecule has 0 heterocycles. The minimum atomic E-state index is -0.799. The van der Waals surface area contributed by atoms with Gasteiger partial charge in [0.2, 0.25) is 0 Å². The molecule has 0 aliphatic carbocycles. The Morgan fingerprint density at radius 1 is 1.35 bits per heavy atom. The summed E-state index contributed by atoms with van der Waals surface area (Å²) in [6.07, 6.45) is 1.79. The Morgan fingerprint density at radius 3 is 2.41 bits per heavy atom. The van der Waals surface area contributed by atoms with Crippen LogP contribution in [0.1, 0.15) is 31.4 Å². The first kappa shape index (κ1) is 13.7. The molecule has 17 heavy (non-hydrogen) atoms. The number of hydrogen-bond donors (Lipinski definition) is 2. The summed E-state index contributed by atoms with van der Waals surface area (Å²) < 4.78 is 0. The maximum absolute atomic E-state index is 10.8. The zero-order valence-electron chi connectivity index (χ0n) is 10.7. The average Bonchev–Trinajstić information content (AvgIpc) is 2.30. The van der Waals surface area contributed by atoms with Crippen LogP contribution in [-0.2, 0) is 11.2 Å². The highest BCUT2D eigenvalue weighted by Gasteiger charge is 2.15. The summed E-state index contributed by atoms with van der Waals surface area (Å²) in [5.74, 6) is -0.799. The first-order valence-corrected chi connectivity index (χ1v) is 6.07. The van der Waals surface area contributed by atoms with Crippen LogP contribution in [0.4, 0.5) is 0 Å². The number of benzene rings is 1. The molecule has 0 amide bonds. The zero-order valence-corrected chi connectivity index (χ0v) is 10.7. The molecule has 0 fully saturated rings. The van der Waals surface area contributed by atoms with Crippen molar-refractivity contribution in [3.8, 4) is 0 Å². The minimum Gasteiger partial charge on any atom is -0.480 e. The van der Waals surface area contributed by atoms with Gasteiger partial charge < -0.3 is 10.4 Å². The van der Waals surface area contributed by atoms with E-state index in [-0.39, 0.29) is 6.04 Å². The van der Waals surface area contributed by atoms with Gasteiger partial charge in [-0.3, -0.25) is 4.79 Å². The lowest BCUT2D eigenvalue weighted by Crippen LogP contribution is -2.42. The highest BCUT2D eigenvalue weighted by atomic mass is 16.4. The quantitative estimate of drug-likeness (QED) is 0.796. The number of aryl methyl sites for hydroxylation is 1. The molecule has 1 aromatic rings. The van der Waals surface area contributed by atoms with Crippen LogP contribution in [0.2, 0.25) is 0 Å². The second-order valence-electron chi connectivity index (χ2n) is 4.52. The first-order chi connectivity index (χ1) is 8.02. The molecular formula is C14H21NO2. The smallest absolute Gasteiger partial charge is 0.320 e. The van der Waals surface area contributed by atoms with Crippen molar-refractivity contribution in [1.82, 2.24) is 5.32 Å². The number of rotatable bonds is 6. The molecule has 94 valence electrons. The lowest BCUT2D eigenvalue weighted by Gasteiger charge is -2.20. The lowest BCUT2D eigenvalue weighted by atomic mass is 10.0. The standard InChI is InChI=1S/C14H21NO2/c1-4-13(15-11(3)14(16)17)9-12-7-5-10(2)6-8-12/h5-8,11,13,15H,4,9H2,1-3H3,(H,16,17). The average molecular weight is 235 g/mol. The Hall–Kier alpha value is -1.35. The Bertz CT molecular complexity index is 359. The predicted molar refractivity (Wildman–Crippen MR) is 69.2 cm³/mol. The molecule has 3 heteroatoms. The Labute approximate surface area is 103 Å². The van der Waals surface area contributed by atoms with Crippen LogP contribution < -0.4 is 5.32 Å². The predicted octanol–water partition coefficient (Wildman–Crippen LogP) is 2.38. The van der Waals surface area contributed by atoms with Crippen LogP contribution in [0.5, 0.6) is 0 Å². The van der Waals surface area contributed by atoms with Gasteiger partial charge >= 0.3 is 5.97 Å². The number of nitrogens with one attached hydrogen (secondary N) is 1. The third-order valence-electron chi connectivity index (χ3n) is 2.95. The zero-order chi connectivity index (χ0) is 12.8. The fraction of sp³-hybridized carbons (Fsp3) is 0.500. The van der Waals surface area contributed by atoms with Gasteiger partial charge in [-0.05, 0) is 32.3 Å². The molecule has 0 radical (unpaired) electrons. The number of hydrogen-bond acceptors (Lipinski definition) is 2. The maximum Gasteiger partial charge on any atom is 0.320 e. The molecule has 0 spiro atoms. The van der Waals surface area contributed by atoms with Crippen molar-refractivity contribution < 1.29 is 9.90 Å². The molecule has 0 aliphatic heterocycles. The second-order valence-corrected chi connectivity index (χ2v) is 4.52. The van der Waals surface area contributed by atoms with Crippen LogP contribution in [0.3, 0.4) is 0 Å². The molecule has 0 saturated carbocycles. The molecule has 1 rings (SSSR count). The van der Waals surface area contributed by atoms with Crippen LogP contribution in [0, 0.1) is 6.92 Å². The van der Waals surface area contributed by atoms with Gasteiger partial charge in [0, 0.05) is 6.04 Å². The topological polar surface area (TPSA) is 49.3 Å². The van der Waals surface area contributed by atoms with Gasteiger partial charge in [-0.1, -0.05) is 36.8 Å². The van der Waals surface area contributed by atoms with Gasteiger partial charge in [-0.2, -0.15) is 0 Å². The van der Waals surface area contributed by atoms with E-state index in [0.29, 0.717) is 0 Å². The number of carbonyl (C=O) groups is 1. The molecule has 0 saturated heterocycles. The molecular weight excluding hydrogens is 214 g/mol. The van der Waals surface area contributed by atoms with E-state index in [2.05, 4.69) is 43.4 Å². The van der Waals surface area contributed by atoms with E-state index in [9.17, 15) is 4.79 Å². The van der Waals surface area contributed by atoms with Gasteiger partial charge in [0.15, 0.2) is 0 Å². The van der Waals surface area contributed by atoms with Crippen molar-refractivity contribution in [1.29, 1.82) is 0 Å². The van der Waals surface area contributed by atoms with E-state index >= 15 is 0 Å². The molecule has 2 N–H and O–H groups in total. The highest BCUT2D eigenvalue weighted by molar-refractivity contribution is 5.72. The third kappa shape index (κ3) is 4.57. The monoisotopic (exact) mass is 235 g/mol. The Kier molecular flexibility index (Phi) is 5.16. The summed E-state index contributed by atoms with van der Waals surface area (Å²) >= 11 is 0. The summed E-state index contributed by atoms with van der Waals surface area (Å²) in [6.45, 7) is 5.81. The fourth-order valence-corrected chi connectivity index (χ4v) is 1.75. The van der Waals surface area contributed by atoms with Crippen molar-refractivity contribution in [3.63, 3.8) is 0 Å².